The smallest absolute Gasteiger partial charge is 0.223 e. The number of likely N-dealkylation sites (tertiary alicyclic amines) is 1. The number of ether oxygens (including phenoxy) is 1. The fraction of sp³-hybridized carbons (Fsp3) is 0.562. The van der Waals surface area contributed by atoms with Crippen molar-refractivity contribution in [3.05, 3.63) is 35.4 Å². The summed E-state index contributed by atoms with van der Waals surface area (Å²) in [7, 11) is 1.69. The summed E-state index contributed by atoms with van der Waals surface area (Å²) in [6.07, 6.45) is 3.60. The quantitative estimate of drug-likeness (QED) is 0.913. The SMILES string of the molecule is COCc1cccc(C2C(N)CCC(=O)N2C2CC2)c1. The molecule has 0 aromatic heterocycles. The fourth-order valence-electron chi connectivity index (χ4n) is 3.16. The number of piperidine rings is 1. The van der Waals surface area contributed by atoms with Crippen molar-refractivity contribution in [2.75, 3.05) is 7.11 Å². The van der Waals surface area contributed by atoms with Gasteiger partial charge in [0, 0.05) is 25.6 Å². The van der Waals surface area contributed by atoms with Crippen LogP contribution in [-0.4, -0.2) is 30.0 Å². The Labute approximate surface area is 119 Å². The van der Waals surface area contributed by atoms with Crippen molar-refractivity contribution in [3.63, 3.8) is 0 Å². The first-order chi connectivity index (χ1) is 9.70. The number of methoxy groups -OCH3 is 1. The zero-order chi connectivity index (χ0) is 14.1. The van der Waals surface area contributed by atoms with Gasteiger partial charge in [0.15, 0.2) is 0 Å². The lowest BCUT2D eigenvalue weighted by atomic mass is 9.89. The zero-order valence-corrected chi connectivity index (χ0v) is 11.9. The number of nitrogens with two attached hydrogens (primary N) is 1. The van der Waals surface area contributed by atoms with Crippen molar-refractivity contribution in [3.8, 4) is 0 Å². The highest BCUT2D eigenvalue weighted by atomic mass is 16.5. The maximum absolute atomic E-state index is 12.3. The number of hydrogen-bond acceptors (Lipinski definition) is 3. The first-order valence-corrected chi connectivity index (χ1v) is 7.35. The number of carbonyl (C=O) groups is 1. The predicted molar refractivity (Wildman–Crippen MR) is 77.0 cm³/mol. The Morgan fingerprint density at radius 1 is 1.35 bits per heavy atom. The van der Waals surface area contributed by atoms with Gasteiger partial charge in [-0.1, -0.05) is 24.3 Å². The summed E-state index contributed by atoms with van der Waals surface area (Å²) in [6, 6.07) is 8.75. The first-order valence-electron chi connectivity index (χ1n) is 7.35. The van der Waals surface area contributed by atoms with E-state index in [2.05, 4.69) is 12.1 Å². The van der Waals surface area contributed by atoms with Crippen LogP contribution >= 0.6 is 0 Å². The number of hydrogen-bond donors (Lipinski definition) is 1. The number of amides is 1. The average molecular weight is 274 g/mol. The second-order valence-electron chi connectivity index (χ2n) is 5.86. The van der Waals surface area contributed by atoms with E-state index in [1.54, 1.807) is 7.11 Å². The van der Waals surface area contributed by atoms with Crippen LogP contribution in [0.4, 0.5) is 0 Å². The van der Waals surface area contributed by atoms with Crippen LogP contribution in [0.1, 0.15) is 42.9 Å². The minimum atomic E-state index is 0.0283. The molecule has 108 valence electrons. The molecule has 0 spiro atoms. The summed E-state index contributed by atoms with van der Waals surface area (Å²) in [5.74, 6) is 0.261. The minimum absolute atomic E-state index is 0.0283. The Bertz CT molecular complexity index is 499. The van der Waals surface area contributed by atoms with Crippen LogP contribution < -0.4 is 5.73 Å². The Morgan fingerprint density at radius 3 is 2.85 bits per heavy atom. The van der Waals surface area contributed by atoms with E-state index >= 15 is 0 Å². The number of nitrogens with zero attached hydrogens (tertiary/aromatic N) is 1. The van der Waals surface area contributed by atoms with Gasteiger partial charge in [-0.2, -0.15) is 0 Å². The van der Waals surface area contributed by atoms with Gasteiger partial charge in [0.25, 0.3) is 0 Å². The molecule has 20 heavy (non-hydrogen) atoms. The molecule has 2 N–H and O–H groups in total. The van der Waals surface area contributed by atoms with Crippen LogP contribution in [0.2, 0.25) is 0 Å². The van der Waals surface area contributed by atoms with Crippen LogP contribution in [-0.2, 0) is 16.1 Å². The summed E-state index contributed by atoms with van der Waals surface area (Å²) in [5.41, 5.74) is 8.60. The van der Waals surface area contributed by atoms with E-state index in [4.69, 9.17) is 10.5 Å². The molecule has 4 heteroatoms. The molecular formula is C16H22N2O2. The summed E-state index contributed by atoms with van der Waals surface area (Å²) >= 11 is 0. The van der Waals surface area contributed by atoms with Crippen LogP contribution in [0.25, 0.3) is 0 Å². The van der Waals surface area contributed by atoms with E-state index in [0.717, 1.165) is 30.4 Å². The summed E-state index contributed by atoms with van der Waals surface area (Å²) in [6.45, 7) is 0.590. The molecule has 4 nitrogen and oxygen atoms in total. The highest BCUT2D eigenvalue weighted by Gasteiger charge is 2.42. The molecule has 2 fully saturated rings. The molecule has 1 saturated carbocycles. The van der Waals surface area contributed by atoms with Crippen molar-refractivity contribution < 1.29 is 9.53 Å². The molecule has 2 unspecified atom stereocenters. The monoisotopic (exact) mass is 274 g/mol. The highest BCUT2D eigenvalue weighted by Crippen LogP contribution is 2.40. The van der Waals surface area contributed by atoms with Crippen molar-refractivity contribution in [1.29, 1.82) is 0 Å². The van der Waals surface area contributed by atoms with E-state index in [1.165, 1.54) is 0 Å². The Hall–Kier alpha value is -1.39. The molecule has 3 rings (SSSR count). The van der Waals surface area contributed by atoms with E-state index in [-0.39, 0.29) is 18.0 Å². The van der Waals surface area contributed by atoms with Gasteiger partial charge in [-0.3, -0.25) is 4.79 Å². The Morgan fingerprint density at radius 2 is 2.15 bits per heavy atom. The van der Waals surface area contributed by atoms with Gasteiger partial charge in [-0.25, -0.2) is 0 Å². The van der Waals surface area contributed by atoms with Gasteiger partial charge in [0.2, 0.25) is 5.91 Å². The predicted octanol–water partition coefficient (Wildman–Crippen LogP) is 1.99. The zero-order valence-electron chi connectivity index (χ0n) is 11.9. The van der Waals surface area contributed by atoms with Crippen molar-refractivity contribution in [2.45, 2.75) is 50.4 Å². The summed E-state index contributed by atoms with van der Waals surface area (Å²) in [5, 5.41) is 0. The van der Waals surface area contributed by atoms with Crippen LogP contribution in [0.3, 0.4) is 0 Å². The maximum Gasteiger partial charge on any atom is 0.223 e. The summed E-state index contributed by atoms with van der Waals surface area (Å²) < 4.78 is 5.19. The van der Waals surface area contributed by atoms with Gasteiger partial charge in [-0.15, -0.1) is 0 Å². The van der Waals surface area contributed by atoms with Crippen molar-refractivity contribution in [2.24, 2.45) is 5.73 Å². The topological polar surface area (TPSA) is 55.6 Å². The van der Waals surface area contributed by atoms with E-state index in [9.17, 15) is 4.79 Å². The fourth-order valence-corrected chi connectivity index (χ4v) is 3.16. The normalized spacial score (nSPS) is 26.9. The third-order valence-corrected chi connectivity index (χ3v) is 4.23. The van der Waals surface area contributed by atoms with Crippen LogP contribution in [0.15, 0.2) is 24.3 Å². The van der Waals surface area contributed by atoms with Crippen molar-refractivity contribution in [1.82, 2.24) is 4.90 Å². The molecule has 1 aliphatic heterocycles. The number of rotatable bonds is 4. The molecule has 1 aliphatic carbocycles. The third kappa shape index (κ3) is 2.58. The van der Waals surface area contributed by atoms with Crippen LogP contribution in [0.5, 0.6) is 0 Å². The molecule has 1 aromatic carbocycles. The maximum atomic E-state index is 12.3. The lowest BCUT2D eigenvalue weighted by molar-refractivity contribution is -0.138. The van der Waals surface area contributed by atoms with Gasteiger partial charge < -0.3 is 15.4 Å². The molecule has 1 heterocycles. The number of benzene rings is 1. The minimum Gasteiger partial charge on any atom is -0.380 e. The van der Waals surface area contributed by atoms with Crippen molar-refractivity contribution >= 4 is 5.91 Å². The van der Waals surface area contributed by atoms with Gasteiger partial charge >= 0.3 is 0 Å². The second-order valence-corrected chi connectivity index (χ2v) is 5.86. The molecule has 1 saturated heterocycles. The number of carbonyl (C=O) groups excluding carboxylic acids is 1. The van der Waals surface area contributed by atoms with Gasteiger partial charge in [0.1, 0.15) is 0 Å². The second kappa shape index (κ2) is 5.54. The highest BCUT2D eigenvalue weighted by molar-refractivity contribution is 5.78. The Balaban J connectivity index is 1.91. The molecular weight excluding hydrogens is 252 g/mol. The lowest BCUT2D eigenvalue weighted by Crippen LogP contribution is -2.49. The molecule has 0 radical (unpaired) electrons. The van der Waals surface area contributed by atoms with E-state index in [0.29, 0.717) is 19.1 Å². The summed E-state index contributed by atoms with van der Waals surface area (Å²) in [4.78, 5) is 14.3. The molecule has 2 atom stereocenters. The van der Waals surface area contributed by atoms with E-state index in [1.807, 2.05) is 17.0 Å². The van der Waals surface area contributed by atoms with E-state index < -0.39 is 0 Å². The molecule has 2 aliphatic rings. The average Bonchev–Trinajstić information content (AvgIpc) is 3.26. The Kier molecular flexibility index (Phi) is 3.76. The largest absolute Gasteiger partial charge is 0.380 e. The van der Waals surface area contributed by atoms with Crippen LogP contribution in [0, 0.1) is 0 Å². The third-order valence-electron chi connectivity index (χ3n) is 4.23. The first kappa shape index (κ1) is 13.6. The molecule has 0 bridgehead atoms. The molecule has 1 aromatic rings. The van der Waals surface area contributed by atoms with Gasteiger partial charge in [-0.05, 0) is 30.4 Å². The van der Waals surface area contributed by atoms with Gasteiger partial charge in [0.05, 0.1) is 12.6 Å². The molecule has 1 amide bonds. The lowest BCUT2D eigenvalue weighted by Gasteiger charge is -2.40. The standard InChI is InChI=1S/C16H22N2O2/c1-20-10-11-3-2-4-12(9-11)16-14(17)7-8-15(19)18(16)13-5-6-13/h2-4,9,13-14,16H,5-8,10,17H2,1H3.